The van der Waals surface area contributed by atoms with Gasteiger partial charge >= 0.3 is 0 Å². The normalized spacial score (nSPS) is 10.9. The second-order valence-corrected chi connectivity index (χ2v) is 7.63. The SMILES string of the molecule is COc1cccc(-c2nn(-c3ccccc3)cc2CNCc2ccc(-n3cncn3)cc2)c1. The van der Waals surface area contributed by atoms with Crippen LogP contribution in [0.3, 0.4) is 0 Å². The number of aromatic nitrogens is 5. The molecule has 3 aromatic carbocycles. The molecule has 2 aromatic heterocycles. The molecule has 0 unspecified atom stereocenters. The van der Waals surface area contributed by atoms with Gasteiger partial charge in [0.15, 0.2) is 0 Å². The van der Waals surface area contributed by atoms with Crippen molar-refractivity contribution in [2.24, 2.45) is 0 Å². The molecule has 0 saturated carbocycles. The number of hydrogen-bond donors (Lipinski definition) is 1. The quantitative estimate of drug-likeness (QED) is 0.390. The summed E-state index contributed by atoms with van der Waals surface area (Å²) in [6.45, 7) is 1.43. The van der Waals surface area contributed by atoms with Gasteiger partial charge in [-0.05, 0) is 42.0 Å². The zero-order valence-electron chi connectivity index (χ0n) is 18.3. The van der Waals surface area contributed by atoms with E-state index in [9.17, 15) is 0 Å². The summed E-state index contributed by atoms with van der Waals surface area (Å²) in [5.41, 5.74) is 6.28. The van der Waals surface area contributed by atoms with Gasteiger partial charge in [0.2, 0.25) is 0 Å². The molecule has 7 nitrogen and oxygen atoms in total. The number of para-hydroxylation sites is 1. The highest BCUT2D eigenvalue weighted by Crippen LogP contribution is 2.27. The molecule has 5 rings (SSSR count). The van der Waals surface area contributed by atoms with Gasteiger partial charge < -0.3 is 10.1 Å². The van der Waals surface area contributed by atoms with Crippen molar-refractivity contribution < 1.29 is 4.74 Å². The average molecular weight is 437 g/mol. The van der Waals surface area contributed by atoms with Gasteiger partial charge in [-0.2, -0.15) is 10.2 Å². The highest BCUT2D eigenvalue weighted by atomic mass is 16.5. The summed E-state index contributed by atoms with van der Waals surface area (Å²) >= 11 is 0. The van der Waals surface area contributed by atoms with Gasteiger partial charge in [0.1, 0.15) is 18.4 Å². The Morgan fingerprint density at radius 2 is 1.67 bits per heavy atom. The van der Waals surface area contributed by atoms with E-state index in [1.807, 2.05) is 53.2 Å². The van der Waals surface area contributed by atoms with Gasteiger partial charge in [0, 0.05) is 30.4 Å². The lowest BCUT2D eigenvalue weighted by Gasteiger charge is -2.07. The molecule has 7 heteroatoms. The average Bonchev–Trinajstić information content (AvgIpc) is 3.56. The van der Waals surface area contributed by atoms with Gasteiger partial charge in [-0.3, -0.25) is 0 Å². The number of nitrogens with zero attached hydrogens (tertiary/aromatic N) is 5. The minimum absolute atomic E-state index is 0.685. The molecule has 33 heavy (non-hydrogen) atoms. The van der Waals surface area contributed by atoms with Gasteiger partial charge in [-0.1, -0.05) is 42.5 Å². The first-order valence-corrected chi connectivity index (χ1v) is 10.7. The molecule has 0 atom stereocenters. The summed E-state index contributed by atoms with van der Waals surface area (Å²) in [5.74, 6) is 0.813. The highest BCUT2D eigenvalue weighted by Gasteiger charge is 2.13. The topological polar surface area (TPSA) is 69.8 Å². The van der Waals surface area contributed by atoms with E-state index in [-0.39, 0.29) is 0 Å². The van der Waals surface area contributed by atoms with Crippen molar-refractivity contribution in [3.05, 3.63) is 109 Å². The number of rotatable bonds is 8. The Labute approximate surface area is 192 Å². The molecular formula is C26H24N6O. The Bertz CT molecular complexity index is 1310. The first kappa shape index (κ1) is 20.7. The van der Waals surface area contributed by atoms with Crippen LogP contribution >= 0.6 is 0 Å². The molecule has 0 saturated heterocycles. The predicted octanol–water partition coefficient (Wildman–Crippen LogP) is 4.42. The summed E-state index contributed by atoms with van der Waals surface area (Å²) in [6.07, 6.45) is 5.31. The molecule has 0 bridgehead atoms. The van der Waals surface area contributed by atoms with Crippen LogP contribution in [-0.2, 0) is 13.1 Å². The number of benzene rings is 3. The third kappa shape index (κ3) is 4.68. The maximum Gasteiger partial charge on any atom is 0.138 e. The van der Waals surface area contributed by atoms with Crippen LogP contribution in [0.1, 0.15) is 11.1 Å². The first-order chi connectivity index (χ1) is 16.3. The minimum Gasteiger partial charge on any atom is -0.497 e. The van der Waals surface area contributed by atoms with Crippen molar-refractivity contribution in [1.29, 1.82) is 0 Å². The van der Waals surface area contributed by atoms with Crippen LogP contribution in [0.15, 0.2) is 97.7 Å². The Morgan fingerprint density at radius 1 is 0.848 bits per heavy atom. The second-order valence-electron chi connectivity index (χ2n) is 7.63. The van der Waals surface area contributed by atoms with Gasteiger partial charge in [0.25, 0.3) is 0 Å². The van der Waals surface area contributed by atoms with Crippen LogP contribution < -0.4 is 10.1 Å². The Morgan fingerprint density at radius 3 is 2.42 bits per heavy atom. The Kier molecular flexibility index (Phi) is 5.95. The standard InChI is InChI=1S/C26H24N6O/c1-33-25-9-5-6-21(14-25)26-22(17-31(30-26)23-7-3-2-4-8-23)16-27-15-20-10-12-24(13-11-20)32-19-28-18-29-32/h2-14,17-19,27H,15-16H2,1H3. The van der Waals surface area contributed by atoms with E-state index < -0.39 is 0 Å². The first-order valence-electron chi connectivity index (χ1n) is 10.7. The molecule has 0 fully saturated rings. The van der Waals surface area contributed by atoms with Gasteiger partial charge in [0.05, 0.1) is 24.2 Å². The van der Waals surface area contributed by atoms with Crippen molar-refractivity contribution in [2.45, 2.75) is 13.1 Å². The van der Waals surface area contributed by atoms with E-state index in [2.05, 4.69) is 51.9 Å². The predicted molar refractivity (Wildman–Crippen MR) is 127 cm³/mol. The van der Waals surface area contributed by atoms with Crippen molar-refractivity contribution in [3.8, 4) is 28.4 Å². The molecule has 0 aliphatic carbocycles. The second kappa shape index (κ2) is 9.50. The molecular weight excluding hydrogens is 412 g/mol. The van der Waals surface area contributed by atoms with Gasteiger partial charge in [-0.25, -0.2) is 14.3 Å². The summed E-state index contributed by atoms with van der Waals surface area (Å²) in [4.78, 5) is 4.00. The van der Waals surface area contributed by atoms with Crippen LogP contribution in [0, 0.1) is 0 Å². The van der Waals surface area contributed by atoms with E-state index in [1.165, 1.54) is 11.9 Å². The largest absolute Gasteiger partial charge is 0.497 e. The molecule has 1 N–H and O–H groups in total. The fraction of sp³-hybridized carbons (Fsp3) is 0.115. The van der Waals surface area contributed by atoms with Crippen molar-refractivity contribution in [3.63, 3.8) is 0 Å². The van der Waals surface area contributed by atoms with E-state index in [1.54, 1.807) is 18.1 Å². The van der Waals surface area contributed by atoms with E-state index in [4.69, 9.17) is 9.84 Å². The molecule has 164 valence electrons. The minimum atomic E-state index is 0.685. The van der Waals surface area contributed by atoms with E-state index >= 15 is 0 Å². The Hall–Kier alpha value is -4.23. The van der Waals surface area contributed by atoms with E-state index in [0.717, 1.165) is 40.5 Å². The third-order valence-corrected chi connectivity index (χ3v) is 5.42. The number of ether oxygens (including phenoxy) is 1. The summed E-state index contributed by atoms with van der Waals surface area (Å²) in [5, 5.41) is 12.6. The van der Waals surface area contributed by atoms with Crippen molar-refractivity contribution in [2.75, 3.05) is 7.11 Å². The Balaban J connectivity index is 1.35. The lowest BCUT2D eigenvalue weighted by Crippen LogP contribution is -2.13. The van der Waals surface area contributed by atoms with Crippen LogP contribution in [0.5, 0.6) is 5.75 Å². The van der Waals surface area contributed by atoms with Crippen molar-refractivity contribution >= 4 is 0 Å². The maximum absolute atomic E-state index is 5.42. The summed E-state index contributed by atoms with van der Waals surface area (Å²) < 4.78 is 9.10. The number of nitrogens with one attached hydrogen (secondary N) is 1. The number of hydrogen-bond acceptors (Lipinski definition) is 5. The molecule has 5 aromatic rings. The van der Waals surface area contributed by atoms with Crippen LogP contribution in [0.2, 0.25) is 0 Å². The molecule has 0 amide bonds. The van der Waals surface area contributed by atoms with Crippen molar-refractivity contribution in [1.82, 2.24) is 29.9 Å². The summed E-state index contributed by atoms with van der Waals surface area (Å²) in [7, 11) is 1.68. The summed E-state index contributed by atoms with van der Waals surface area (Å²) in [6, 6.07) is 26.4. The zero-order valence-corrected chi connectivity index (χ0v) is 18.3. The van der Waals surface area contributed by atoms with Crippen LogP contribution in [-0.4, -0.2) is 31.7 Å². The molecule has 0 aliphatic rings. The zero-order chi connectivity index (χ0) is 22.5. The lowest BCUT2D eigenvalue weighted by molar-refractivity contribution is 0.415. The maximum atomic E-state index is 5.42. The lowest BCUT2D eigenvalue weighted by atomic mass is 10.1. The van der Waals surface area contributed by atoms with E-state index in [0.29, 0.717) is 6.54 Å². The molecule has 0 aliphatic heterocycles. The smallest absolute Gasteiger partial charge is 0.138 e. The molecule has 0 spiro atoms. The number of methoxy groups -OCH3 is 1. The van der Waals surface area contributed by atoms with Crippen LogP contribution in [0.25, 0.3) is 22.6 Å². The third-order valence-electron chi connectivity index (χ3n) is 5.42. The van der Waals surface area contributed by atoms with Crippen LogP contribution in [0.4, 0.5) is 0 Å². The fourth-order valence-electron chi connectivity index (χ4n) is 3.72. The molecule has 2 heterocycles. The van der Waals surface area contributed by atoms with Gasteiger partial charge in [-0.15, -0.1) is 0 Å². The molecule has 0 radical (unpaired) electrons. The monoisotopic (exact) mass is 436 g/mol. The fourth-order valence-corrected chi connectivity index (χ4v) is 3.72. The highest BCUT2D eigenvalue weighted by molar-refractivity contribution is 5.65.